The van der Waals surface area contributed by atoms with Gasteiger partial charge in [0.25, 0.3) is 0 Å². The number of aromatic nitrogens is 1. The van der Waals surface area contributed by atoms with E-state index in [9.17, 15) is 4.79 Å². The minimum atomic E-state index is 0.0197. The van der Waals surface area contributed by atoms with Gasteiger partial charge in [0.1, 0.15) is 5.75 Å². The maximum absolute atomic E-state index is 12.5. The second kappa shape index (κ2) is 9.37. The summed E-state index contributed by atoms with van der Waals surface area (Å²) in [6.07, 6.45) is 3.03. The molecule has 1 unspecified atom stereocenters. The Hall–Kier alpha value is -1.86. The summed E-state index contributed by atoms with van der Waals surface area (Å²) in [5.41, 5.74) is 0.979. The van der Waals surface area contributed by atoms with Gasteiger partial charge in [0, 0.05) is 26.2 Å². The molecule has 1 saturated heterocycles. The predicted molar refractivity (Wildman–Crippen MR) is 110 cm³/mol. The van der Waals surface area contributed by atoms with Gasteiger partial charge in [-0.1, -0.05) is 11.3 Å². The Morgan fingerprint density at radius 3 is 3.07 bits per heavy atom. The number of carbonyl (C=O) groups excluding carboxylic acids is 1. The van der Waals surface area contributed by atoms with Crippen LogP contribution in [0.5, 0.6) is 5.75 Å². The van der Waals surface area contributed by atoms with Crippen molar-refractivity contribution >= 4 is 32.6 Å². The molecule has 1 aliphatic rings. The molecule has 0 radical (unpaired) electrons. The molecule has 2 heterocycles. The van der Waals surface area contributed by atoms with Gasteiger partial charge >= 0.3 is 0 Å². The standard InChI is InChI=1S/C20H29N3O3S/c1-14(2)26-11-5-9-21-19(24)15-6-4-10-23(13-15)20-22-17-8-7-16(25-3)12-18(17)27-20/h7-8,12,14-15H,4-6,9-11,13H2,1-3H3,(H,21,24). The number of benzene rings is 1. The molecule has 6 nitrogen and oxygen atoms in total. The Labute approximate surface area is 164 Å². The first kappa shape index (κ1) is 19.9. The van der Waals surface area contributed by atoms with E-state index in [1.165, 1.54) is 0 Å². The molecule has 1 N–H and O–H groups in total. The van der Waals surface area contributed by atoms with Crippen LogP contribution in [0.1, 0.15) is 33.1 Å². The molecule has 1 atom stereocenters. The zero-order valence-corrected chi connectivity index (χ0v) is 17.2. The lowest BCUT2D eigenvalue weighted by atomic mass is 9.97. The van der Waals surface area contributed by atoms with Crippen LogP contribution in [0.3, 0.4) is 0 Å². The normalized spacial score (nSPS) is 17.5. The molecule has 1 aromatic carbocycles. The third kappa shape index (κ3) is 5.32. The van der Waals surface area contributed by atoms with Crippen LogP contribution >= 0.6 is 11.3 Å². The number of thiazole rings is 1. The summed E-state index contributed by atoms with van der Waals surface area (Å²) in [4.78, 5) is 19.5. The van der Waals surface area contributed by atoms with Gasteiger partial charge in [0.05, 0.1) is 29.3 Å². The van der Waals surface area contributed by atoms with E-state index in [0.29, 0.717) is 13.2 Å². The predicted octanol–water partition coefficient (Wildman–Crippen LogP) is 3.45. The van der Waals surface area contributed by atoms with E-state index in [4.69, 9.17) is 14.5 Å². The summed E-state index contributed by atoms with van der Waals surface area (Å²) < 4.78 is 11.9. The third-order valence-electron chi connectivity index (χ3n) is 4.72. The number of carbonyl (C=O) groups is 1. The fraction of sp³-hybridized carbons (Fsp3) is 0.600. The topological polar surface area (TPSA) is 63.7 Å². The van der Waals surface area contributed by atoms with Crippen LogP contribution in [-0.4, -0.2) is 50.3 Å². The van der Waals surface area contributed by atoms with Crippen LogP contribution in [0.2, 0.25) is 0 Å². The monoisotopic (exact) mass is 391 g/mol. The molecule has 1 amide bonds. The minimum Gasteiger partial charge on any atom is -0.497 e. The number of hydrogen-bond donors (Lipinski definition) is 1. The fourth-order valence-electron chi connectivity index (χ4n) is 3.27. The lowest BCUT2D eigenvalue weighted by Gasteiger charge is -2.31. The number of piperidine rings is 1. The SMILES string of the molecule is COc1ccc2nc(N3CCCC(C(=O)NCCCOC(C)C)C3)sc2c1. The van der Waals surface area contributed by atoms with Crippen molar-refractivity contribution in [3.8, 4) is 5.75 Å². The average molecular weight is 392 g/mol. The van der Waals surface area contributed by atoms with Crippen LogP contribution in [0.25, 0.3) is 10.2 Å². The van der Waals surface area contributed by atoms with E-state index in [2.05, 4.69) is 10.2 Å². The number of nitrogens with one attached hydrogen (secondary N) is 1. The van der Waals surface area contributed by atoms with E-state index >= 15 is 0 Å². The zero-order chi connectivity index (χ0) is 19.2. The molecular weight excluding hydrogens is 362 g/mol. The van der Waals surface area contributed by atoms with E-state index in [1.807, 2.05) is 32.0 Å². The highest BCUT2D eigenvalue weighted by molar-refractivity contribution is 7.22. The summed E-state index contributed by atoms with van der Waals surface area (Å²) in [6, 6.07) is 5.94. The molecular formula is C20H29N3O3S. The number of nitrogens with zero attached hydrogens (tertiary/aromatic N) is 2. The molecule has 0 aliphatic carbocycles. The quantitative estimate of drug-likeness (QED) is 0.698. The molecule has 7 heteroatoms. The number of ether oxygens (including phenoxy) is 2. The van der Waals surface area contributed by atoms with E-state index in [-0.39, 0.29) is 17.9 Å². The van der Waals surface area contributed by atoms with Crippen LogP contribution in [0.4, 0.5) is 5.13 Å². The molecule has 0 spiro atoms. The largest absolute Gasteiger partial charge is 0.497 e. The van der Waals surface area contributed by atoms with Gasteiger partial charge in [-0.3, -0.25) is 4.79 Å². The maximum atomic E-state index is 12.5. The van der Waals surface area contributed by atoms with Gasteiger partial charge in [-0.25, -0.2) is 4.98 Å². The van der Waals surface area contributed by atoms with Crippen molar-refractivity contribution in [2.75, 3.05) is 38.3 Å². The highest BCUT2D eigenvalue weighted by atomic mass is 32.1. The van der Waals surface area contributed by atoms with Gasteiger partial charge in [-0.2, -0.15) is 0 Å². The Balaban J connectivity index is 1.55. The Bertz CT molecular complexity index is 762. The number of hydrogen-bond acceptors (Lipinski definition) is 6. The van der Waals surface area contributed by atoms with Crippen LogP contribution in [0.15, 0.2) is 18.2 Å². The molecule has 0 saturated carbocycles. The minimum absolute atomic E-state index is 0.0197. The highest BCUT2D eigenvalue weighted by Crippen LogP contribution is 2.33. The molecule has 1 fully saturated rings. The van der Waals surface area contributed by atoms with Crippen molar-refractivity contribution < 1.29 is 14.3 Å². The molecule has 148 valence electrons. The van der Waals surface area contributed by atoms with Gasteiger partial charge in [-0.15, -0.1) is 0 Å². The van der Waals surface area contributed by atoms with Crippen molar-refractivity contribution in [1.82, 2.24) is 10.3 Å². The Morgan fingerprint density at radius 1 is 1.44 bits per heavy atom. The molecule has 1 aliphatic heterocycles. The van der Waals surface area contributed by atoms with E-state index in [1.54, 1.807) is 18.4 Å². The first-order chi connectivity index (χ1) is 13.1. The number of methoxy groups -OCH3 is 1. The van der Waals surface area contributed by atoms with Crippen LogP contribution in [-0.2, 0) is 9.53 Å². The van der Waals surface area contributed by atoms with Crippen molar-refractivity contribution in [1.29, 1.82) is 0 Å². The van der Waals surface area contributed by atoms with Gasteiger partial charge in [0.2, 0.25) is 5.91 Å². The summed E-state index contributed by atoms with van der Waals surface area (Å²) >= 11 is 1.66. The summed E-state index contributed by atoms with van der Waals surface area (Å²) in [6.45, 7) is 7.07. The molecule has 3 rings (SSSR count). The zero-order valence-electron chi connectivity index (χ0n) is 16.4. The highest BCUT2D eigenvalue weighted by Gasteiger charge is 2.27. The van der Waals surface area contributed by atoms with Gasteiger partial charge in [0.15, 0.2) is 5.13 Å². The summed E-state index contributed by atoms with van der Waals surface area (Å²) in [5.74, 6) is 1.01. The summed E-state index contributed by atoms with van der Waals surface area (Å²) in [5, 5.41) is 4.05. The smallest absolute Gasteiger partial charge is 0.224 e. The number of anilines is 1. The first-order valence-corrected chi connectivity index (χ1v) is 10.5. The third-order valence-corrected chi connectivity index (χ3v) is 5.80. The van der Waals surface area contributed by atoms with Crippen LogP contribution in [0, 0.1) is 5.92 Å². The van der Waals surface area contributed by atoms with Crippen molar-refractivity contribution in [2.24, 2.45) is 5.92 Å². The number of amides is 1. The average Bonchev–Trinajstić information content (AvgIpc) is 3.10. The molecule has 2 aromatic rings. The Morgan fingerprint density at radius 2 is 2.30 bits per heavy atom. The van der Waals surface area contributed by atoms with Gasteiger partial charge in [-0.05, 0) is 51.3 Å². The number of fused-ring (bicyclic) bond motifs is 1. The maximum Gasteiger partial charge on any atom is 0.224 e. The lowest BCUT2D eigenvalue weighted by Crippen LogP contribution is -2.43. The lowest BCUT2D eigenvalue weighted by molar-refractivity contribution is -0.125. The molecule has 0 bridgehead atoms. The second-order valence-electron chi connectivity index (χ2n) is 7.18. The Kier molecular flexibility index (Phi) is 6.90. The first-order valence-electron chi connectivity index (χ1n) is 9.65. The number of rotatable bonds is 8. The van der Waals surface area contributed by atoms with E-state index < -0.39 is 0 Å². The van der Waals surface area contributed by atoms with Crippen molar-refractivity contribution in [3.63, 3.8) is 0 Å². The van der Waals surface area contributed by atoms with E-state index in [0.717, 1.165) is 53.4 Å². The van der Waals surface area contributed by atoms with Crippen molar-refractivity contribution in [2.45, 2.75) is 39.2 Å². The van der Waals surface area contributed by atoms with Gasteiger partial charge < -0.3 is 19.7 Å². The summed E-state index contributed by atoms with van der Waals surface area (Å²) in [7, 11) is 1.67. The van der Waals surface area contributed by atoms with Crippen LogP contribution < -0.4 is 15.0 Å². The van der Waals surface area contributed by atoms with Crippen molar-refractivity contribution in [3.05, 3.63) is 18.2 Å². The second-order valence-corrected chi connectivity index (χ2v) is 8.19. The molecule has 1 aromatic heterocycles. The molecule has 27 heavy (non-hydrogen) atoms. The fourth-order valence-corrected chi connectivity index (χ4v) is 4.30.